The third-order valence-electron chi connectivity index (χ3n) is 2.38. The van der Waals surface area contributed by atoms with Crippen molar-refractivity contribution in [2.75, 3.05) is 0 Å². The summed E-state index contributed by atoms with van der Waals surface area (Å²) in [6.45, 7) is 1.65. The van der Waals surface area contributed by atoms with Gasteiger partial charge < -0.3 is 0 Å². The highest BCUT2D eigenvalue weighted by atomic mass is 79.9. The van der Waals surface area contributed by atoms with Crippen LogP contribution in [0.1, 0.15) is 27.6 Å². The normalized spacial score (nSPS) is 16.2. The van der Waals surface area contributed by atoms with Gasteiger partial charge in [0.2, 0.25) is 0 Å². The van der Waals surface area contributed by atoms with E-state index in [2.05, 4.69) is 31.9 Å². The molecule has 0 spiro atoms. The molecule has 0 radical (unpaired) electrons. The Morgan fingerprint density at radius 3 is 1.71 bits per heavy atom. The van der Waals surface area contributed by atoms with Gasteiger partial charge in [-0.1, -0.05) is 0 Å². The molecule has 1 aliphatic rings. The zero-order valence-electron chi connectivity index (χ0n) is 7.30. The second-order valence-corrected chi connectivity index (χ2v) is 4.97. The number of hydrogen-bond donors (Lipinski definition) is 0. The highest BCUT2D eigenvalue weighted by Gasteiger charge is 2.35. The topological polar surface area (TPSA) is 34.1 Å². The van der Waals surface area contributed by atoms with Crippen LogP contribution >= 0.6 is 31.9 Å². The average Bonchev–Trinajstić information content (AvgIpc) is 2.34. The number of benzene rings is 1. The lowest BCUT2D eigenvalue weighted by Gasteiger charge is -1.99. The van der Waals surface area contributed by atoms with Gasteiger partial charge in [0.15, 0.2) is 11.6 Å². The summed E-state index contributed by atoms with van der Waals surface area (Å²) in [5.74, 6) is -0.692. The van der Waals surface area contributed by atoms with E-state index in [0.717, 1.165) is 8.95 Å². The fraction of sp³-hybridized carbons (Fsp3) is 0.200. The molecule has 1 aliphatic carbocycles. The number of carbonyl (C=O) groups excluding carboxylic acids is 2. The maximum atomic E-state index is 11.6. The van der Waals surface area contributed by atoms with E-state index >= 15 is 0 Å². The van der Waals surface area contributed by atoms with Gasteiger partial charge in [-0.2, -0.15) is 0 Å². The summed E-state index contributed by atoms with van der Waals surface area (Å²) >= 11 is 6.61. The highest BCUT2D eigenvalue weighted by Crippen LogP contribution is 2.33. The molecule has 1 aromatic carbocycles. The zero-order chi connectivity index (χ0) is 10.5. The number of carbonyl (C=O) groups is 2. The van der Waals surface area contributed by atoms with Crippen molar-refractivity contribution in [2.24, 2.45) is 5.92 Å². The van der Waals surface area contributed by atoms with Crippen LogP contribution in [0.25, 0.3) is 0 Å². The molecule has 0 N–H and O–H groups in total. The van der Waals surface area contributed by atoms with E-state index in [-0.39, 0.29) is 11.6 Å². The predicted octanol–water partition coefficient (Wildman–Crippen LogP) is 3.23. The summed E-state index contributed by atoms with van der Waals surface area (Å²) in [6.07, 6.45) is 0. The number of halogens is 2. The van der Waals surface area contributed by atoms with Crippen LogP contribution in [0, 0.1) is 5.92 Å². The van der Waals surface area contributed by atoms with Crippen molar-refractivity contribution < 1.29 is 9.59 Å². The number of ketones is 2. The van der Waals surface area contributed by atoms with Gasteiger partial charge in [-0.3, -0.25) is 9.59 Å². The zero-order valence-corrected chi connectivity index (χ0v) is 10.5. The maximum absolute atomic E-state index is 11.6. The molecular formula is C10H6Br2O2. The van der Waals surface area contributed by atoms with Crippen LogP contribution in [-0.4, -0.2) is 11.6 Å². The van der Waals surface area contributed by atoms with Crippen molar-refractivity contribution in [3.63, 3.8) is 0 Å². The molecule has 0 heterocycles. The summed E-state index contributed by atoms with van der Waals surface area (Å²) in [7, 11) is 0. The van der Waals surface area contributed by atoms with E-state index in [0.29, 0.717) is 11.1 Å². The van der Waals surface area contributed by atoms with Crippen molar-refractivity contribution in [3.8, 4) is 0 Å². The van der Waals surface area contributed by atoms with Crippen molar-refractivity contribution in [2.45, 2.75) is 6.92 Å². The Morgan fingerprint density at radius 2 is 1.36 bits per heavy atom. The van der Waals surface area contributed by atoms with Gasteiger partial charge in [-0.05, 0) is 50.9 Å². The average molecular weight is 318 g/mol. The minimum atomic E-state index is -0.522. The molecule has 0 bridgehead atoms. The molecule has 2 rings (SSSR count). The van der Waals surface area contributed by atoms with Crippen molar-refractivity contribution in [1.82, 2.24) is 0 Å². The number of Topliss-reactive ketones (excluding diaryl/α,β-unsaturated/α-hetero) is 2. The van der Waals surface area contributed by atoms with Crippen LogP contribution in [0.2, 0.25) is 0 Å². The summed E-state index contributed by atoms with van der Waals surface area (Å²) < 4.78 is 1.60. The standard InChI is InChI=1S/C10H6Br2O2/c1-4-9(13)5-2-7(11)8(12)3-6(5)10(4)14/h2-4H,1H3. The van der Waals surface area contributed by atoms with Gasteiger partial charge >= 0.3 is 0 Å². The molecule has 2 nitrogen and oxygen atoms in total. The van der Waals surface area contributed by atoms with Crippen LogP contribution in [0.3, 0.4) is 0 Å². The molecule has 0 amide bonds. The smallest absolute Gasteiger partial charge is 0.174 e. The first-order chi connectivity index (χ1) is 6.52. The van der Waals surface area contributed by atoms with Gasteiger partial charge in [0.1, 0.15) is 0 Å². The maximum Gasteiger partial charge on any atom is 0.174 e. The Hall–Kier alpha value is -0.480. The van der Waals surface area contributed by atoms with Gasteiger partial charge in [0.05, 0.1) is 5.92 Å². The molecule has 72 valence electrons. The predicted molar refractivity (Wildman–Crippen MR) is 59.7 cm³/mol. The van der Waals surface area contributed by atoms with E-state index in [9.17, 15) is 9.59 Å². The number of fused-ring (bicyclic) bond motifs is 1. The monoisotopic (exact) mass is 316 g/mol. The Kier molecular flexibility index (Phi) is 2.35. The van der Waals surface area contributed by atoms with E-state index in [1.807, 2.05) is 0 Å². The third-order valence-corrected chi connectivity index (χ3v) is 4.22. The molecule has 0 fully saturated rings. The number of hydrogen-bond acceptors (Lipinski definition) is 2. The minimum absolute atomic E-state index is 0.0850. The van der Waals surface area contributed by atoms with Crippen molar-refractivity contribution in [3.05, 3.63) is 32.2 Å². The molecule has 14 heavy (non-hydrogen) atoms. The second kappa shape index (κ2) is 3.28. The number of rotatable bonds is 0. The van der Waals surface area contributed by atoms with Gasteiger partial charge in [0, 0.05) is 20.1 Å². The Labute approximate surface area is 97.9 Å². The highest BCUT2D eigenvalue weighted by molar-refractivity contribution is 9.13. The SMILES string of the molecule is CC1C(=O)c2cc(Br)c(Br)cc2C1=O. The Morgan fingerprint density at radius 1 is 1.00 bits per heavy atom. The third kappa shape index (κ3) is 1.28. The van der Waals surface area contributed by atoms with E-state index in [4.69, 9.17) is 0 Å². The van der Waals surface area contributed by atoms with Gasteiger partial charge in [0.25, 0.3) is 0 Å². The molecular weight excluding hydrogens is 312 g/mol. The lowest BCUT2D eigenvalue weighted by Crippen LogP contribution is -2.09. The largest absolute Gasteiger partial charge is 0.293 e. The lowest BCUT2D eigenvalue weighted by atomic mass is 10.1. The molecule has 0 aliphatic heterocycles. The van der Waals surface area contributed by atoms with Gasteiger partial charge in [-0.25, -0.2) is 0 Å². The quantitative estimate of drug-likeness (QED) is 0.688. The Bertz CT molecular complexity index is 411. The molecule has 0 saturated heterocycles. The summed E-state index contributed by atoms with van der Waals surface area (Å²) in [6, 6.07) is 3.40. The van der Waals surface area contributed by atoms with E-state index in [1.165, 1.54) is 0 Å². The summed E-state index contributed by atoms with van der Waals surface area (Å²) in [5, 5.41) is 0. The van der Waals surface area contributed by atoms with Crippen LogP contribution in [0.4, 0.5) is 0 Å². The first kappa shape index (κ1) is 10.1. The van der Waals surface area contributed by atoms with Crippen LogP contribution in [0.5, 0.6) is 0 Å². The first-order valence-corrected chi connectivity index (χ1v) is 5.68. The van der Waals surface area contributed by atoms with Crippen molar-refractivity contribution in [1.29, 1.82) is 0 Å². The first-order valence-electron chi connectivity index (χ1n) is 4.10. The second-order valence-electron chi connectivity index (χ2n) is 3.26. The van der Waals surface area contributed by atoms with Crippen LogP contribution in [-0.2, 0) is 0 Å². The fourth-order valence-electron chi connectivity index (χ4n) is 1.54. The Balaban J connectivity index is 2.71. The minimum Gasteiger partial charge on any atom is -0.293 e. The fourth-order valence-corrected chi connectivity index (χ4v) is 2.23. The summed E-state index contributed by atoms with van der Waals surface area (Å²) in [5.41, 5.74) is 1.05. The van der Waals surface area contributed by atoms with Gasteiger partial charge in [-0.15, -0.1) is 0 Å². The van der Waals surface area contributed by atoms with E-state index in [1.54, 1.807) is 19.1 Å². The molecule has 4 heteroatoms. The van der Waals surface area contributed by atoms with Crippen LogP contribution in [0.15, 0.2) is 21.1 Å². The molecule has 1 aromatic rings. The van der Waals surface area contributed by atoms with E-state index < -0.39 is 5.92 Å². The summed E-state index contributed by atoms with van der Waals surface area (Å²) in [4.78, 5) is 23.2. The lowest BCUT2D eigenvalue weighted by molar-refractivity contribution is 0.0852. The molecule has 0 unspecified atom stereocenters. The molecule has 0 atom stereocenters. The van der Waals surface area contributed by atoms with Crippen LogP contribution < -0.4 is 0 Å². The molecule has 0 aromatic heterocycles. The van der Waals surface area contributed by atoms with Crippen molar-refractivity contribution >= 4 is 43.4 Å². The molecule has 0 saturated carbocycles.